The van der Waals surface area contributed by atoms with Gasteiger partial charge in [0.1, 0.15) is 23.7 Å². The van der Waals surface area contributed by atoms with Crippen molar-refractivity contribution < 1.29 is 19.0 Å². The maximum absolute atomic E-state index is 10.6. The van der Waals surface area contributed by atoms with E-state index >= 15 is 0 Å². The second-order valence-corrected chi connectivity index (χ2v) is 5.95. The van der Waals surface area contributed by atoms with Crippen LogP contribution >= 0.6 is 15.9 Å². The summed E-state index contributed by atoms with van der Waals surface area (Å²) in [6, 6.07) is 5.56. The quantitative estimate of drug-likeness (QED) is 0.907. The average molecular weight is 353 g/mol. The number of halogens is 1. The molecule has 0 saturated carbocycles. The first-order valence-electron chi connectivity index (χ1n) is 6.97. The summed E-state index contributed by atoms with van der Waals surface area (Å²) in [4.78, 5) is 0. The van der Waals surface area contributed by atoms with Crippen molar-refractivity contribution in [2.45, 2.75) is 32.5 Å². The minimum absolute atomic E-state index is 0.150. The third kappa shape index (κ3) is 2.68. The molecule has 1 aromatic carbocycles. The first kappa shape index (κ1) is 14.5. The lowest BCUT2D eigenvalue weighted by atomic mass is 10.0. The van der Waals surface area contributed by atoms with Crippen LogP contribution in [0, 0.1) is 0 Å². The number of hydrogen-bond acceptors (Lipinski definition) is 4. The van der Waals surface area contributed by atoms with Gasteiger partial charge in [0.15, 0.2) is 5.76 Å². The van der Waals surface area contributed by atoms with Crippen LogP contribution in [-0.2, 0) is 6.42 Å². The van der Waals surface area contributed by atoms with Gasteiger partial charge in [0.2, 0.25) is 0 Å². The van der Waals surface area contributed by atoms with E-state index in [-0.39, 0.29) is 6.10 Å². The molecule has 1 aromatic heterocycles. The van der Waals surface area contributed by atoms with Gasteiger partial charge in [0.25, 0.3) is 0 Å². The van der Waals surface area contributed by atoms with Crippen molar-refractivity contribution in [2.24, 2.45) is 0 Å². The fourth-order valence-electron chi connectivity index (χ4n) is 2.59. The summed E-state index contributed by atoms with van der Waals surface area (Å²) in [6.07, 6.45) is 1.64. The number of aliphatic hydroxyl groups is 1. The lowest BCUT2D eigenvalue weighted by molar-refractivity contribution is 0.181. The average Bonchev–Trinajstić information content (AvgIpc) is 3.02. The van der Waals surface area contributed by atoms with Crippen LogP contribution in [0.3, 0.4) is 0 Å². The van der Waals surface area contributed by atoms with Crippen LogP contribution in [0.4, 0.5) is 0 Å². The molecule has 0 bridgehead atoms. The molecule has 0 fully saturated rings. The van der Waals surface area contributed by atoms with Gasteiger partial charge in [-0.2, -0.15) is 0 Å². The first-order valence-corrected chi connectivity index (χ1v) is 7.76. The highest BCUT2D eigenvalue weighted by molar-refractivity contribution is 9.10. The largest absolute Gasteiger partial charge is 0.493 e. The number of rotatable bonds is 4. The van der Waals surface area contributed by atoms with Crippen molar-refractivity contribution in [3.63, 3.8) is 0 Å². The standard InChI is InChI=1S/C16H17BrO4/c1-3-19-14-7-10-6-9(2)21-13(10)8-11(14)15(18)16-12(17)4-5-20-16/h4-5,7-9,15,18H,3,6H2,1-2H3. The summed E-state index contributed by atoms with van der Waals surface area (Å²) in [5.41, 5.74) is 1.76. The SMILES string of the molecule is CCOc1cc2c(cc1C(O)c1occc1Br)OC(C)C2. The van der Waals surface area contributed by atoms with Crippen LogP contribution in [-0.4, -0.2) is 17.8 Å². The molecule has 2 atom stereocenters. The highest BCUT2D eigenvalue weighted by Gasteiger charge is 2.27. The van der Waals surface area contributed by atoms with E-state index in [9.17, 15) is 5.11 Å². The Hall–Kier alpha value is -1.46. The van der Waals surface area contributed by atoms with Crippen LogP contribution in [0.1, 0.15) is 36.8 Å². The summed E-state index contributed by atoms with van der Waals surface area (Å²) in [5, 5.41) is 10.6. The summed E-state index contributed by atoms with van der Waals surface area (Å²) < 4.78 is 17.5. The normalized spacial score (nSPS) is 18.2. The predicted octanol–water partition coefficient (Wildman–Crippen LogP) is 3.85. The maximum Gasteiger partial charge on any atom is 0.151 e. The number of hydrogen-bond donors (Lipinski definition) is 1. The lowest BCUT2D eigenvalue weighted by Gasteiger charge is -2.16. The molecular weight excluding hydrogens is 336 g/mol. The molecular formula is C16H17BrO4. The molecule has 0 amide bonds. The van der Waals surface area contributed by atoms with Gasteiger partial charge in [-0.05, 0) is 48.0 Å². The lowest BCUT2D eigenvalue weighted by Crippen LogP contribution is -2.05. The highest BCUT2D eigenvalue weighted by atomic mass is 79.9. The zero-order valence-electron chi connectivity index (χ0n) is 11.9. The fraction of sp³-hybridized carbons (Fsp3) is 0.375. The molecule has 0 spiro atoms. The topological polar surface area (TPSA) is 51.8 Å². The number of furan rings is 1. The van der Waals surface area contributed by atoms with Gasteiger partial charge in [-0.3, -0.25) is 0 Å². The third-order valence-corrected chi connectivity index (χ3v) is 4.17. The van der Waals surface area contributed by atoms with Crippen LogP contribution in [0.15, 0.2) is 33.4 Å². The molecule has 2 aromatic rings. The van der Waals surface area contributed by atoms with Gasteiger partial charge in [0, 0.05) is 17.5 Å². The van der Waals surface area contributed by atoms with Gasteiger partial charge >= 0.3 is 0 Å². The Labute approximate surface area is 131 Å². The van der Waals surface area contributed by atoms with Gasteiger partial charge in [-0.25, -0.2) is 0 Å². The van der Waals surface area contributed by atoms with E-state index < -0.39 is 6.10 Å². The van der Waals surface area contributed by atoms with E-state index in [0.29, 0.717) is 23.7 Å². The zero-order valence-corrected chi connectivity index (χ0v) is 13.5. The Kier molecular flexibility index (Phi) is 3.95. The molecule has 4 nitrogen and oxygen atoms in total. The van der Waals surface area contributed by atoms with E-state index in [2.05, 4.69) is 15.9 Å². The summed E-state index contributed by atoms with van der Waals surface area (Å²) in [6.45, 7) is 4.49. The molecule has 1 aliphatic heterocycles. The second-order valence-electron chi connectivity index (χ2n) is 5.10. The molecule has 0 radical (unpaired) electrons. The van der Waals surface area contributed by atoms with Crippen molar-refractivity contribution >= 4 is 15.9 Å². The van der Waals surface area contributed by atoms with Crippen molar-refractivity contribution in [2.75, 3.05) is 6.61 Å². The monoisotopic (exact) mass is 352 g/mol. The molecule has 21 heavy (non-hydrogen) atoms. The van der Waals surface area contributed by atoms with Crippen LogP contribution in [0.5, 0.6) is 11.5 Å². The summed E-state index contributed by atoms with van der Waals surface area (Å²) in [7, 11) is 0. The van der Waals surface area contributed by atoms with Crippen LogP contribution in [0.2, 0.25) is 0 Å². The predicted molar refractivity (Wildman–Crippen MR) is 81.9 cm³/mol. The van der Waals surface area contributed by atoms with Crippen molar-refractivity contribution in [3.05, 3.63) is 45.8 Å². The van der Waals surface area contributed by atoms with Crippen LogP contribution < -0.4 is 9.47 Å². The Balaban J connectivity index is 2.04. The number of aliphatic hydroxyl groups excluding tert-OH is 1. The molecule has 1 aliphatic rings. The summed E-state index contributed by atoms with van der Waals surface area (Å²) >= 11 is 3.37. The Bertz CT molecular complexity index is 650. The Morgan fingerprint density at radius 3 is 2.95 bits per heavy atom. The van der Waals surface area contributed by atoms with E-state index in [1.54, 1.807) is 6.07 Å². The van der Waals surface area contributed by atoms with E-state index in [1.807, 2.05) is 26.0 Å². The number of ether oxygens (including phenoxy) is 2. The molecule has 0 aliphatic carbocycles. The number of benzene rings is 1. The molecule has 2 unspecified atom stereocenters. The maximum atomic E-state index is 10.6. The first-order chi connectivity index (χ1) is 10.1. The smallest absolute Gasteiger partial charge is 0.151 e. The van der Waals surface area contributed by atoms with Crippen molar-refractivity contribution in [1.29, 1.82) is 0 Å². The highest BCUT2D eigenvalue weighted by Crippen LogP contribution is 2.40. The van der Waals surface area contributed by atoms with Crippen molar-refractivity contribution in [1.82, 2.24) is 0 Å². The third-order valence-electron chi connectivity index (χ3n) is 3.52. The minimum atomic E-state index is -0.902. The molecule has 0 saturated heterocycles. The molecule has 5 heteroatoms. The Morgan fingerprint density at radius 2 is 2.29 bits per heavy atom. The zero-order chi connectivity index (χ0) is 15.0. The van der Waals surface area contributed by atoms with Crippen molar-refractivity contribution in [3.8, 4) is 11.5 Å². The van der Waals surface area contributed by atoms with E-state index in [0.717, 1.165) is 22.2 Å². The molecule has 112 valence electrons. The van der Waals surface area contributed by atoms with E-state index in [4.69, 9.17) is 13.9 Å². The van der Waals surface area contributed by atoms with Gasteiger partial charge in [-0.1, -0.05) is 0 Å². The summed E-state index contributed by atoms with van der Waals surface area (Å²) in [5.74, 6) is 1.94. The molecule has 1 N–H and O–H groups in total. The molecule has 2 heterocycles. The van der Waals surface area contributed by atoms with Gasteiger partial charge < -0.3 is 19.0 Å². The van der Waals surface area contributed by atoms with Gasteiger partial charge in [-0.15, -0.1) is 0 Å². The fourth-order valence-corrected chi connectivity index (χ4v) is 3.01. The van der Waals surface area contributed by atoms with Gasteiger partial charge in [0.05, 0.1) is 17.3 Å². The van der Waals surface area contributed by atoms with Crippen LogP contribution in [0.25, 0.3) is 0 Å². The second kappa shape index (κ2) is 5.73. The minimum Gasteiger partial charge on any atom is -0.493 e. The molecule has 3 rings (SSSR count). The Morgan fingerprint density at radius 1 is 1.48 bits per heavy atom. The van der Waals surface area contributed by atoms with E-state index in [1.165, 1.54) is 6.26 Å². The number of fused-ring (bicyclic) bond motifs is 1.